The quantitative estimate of drug-likeness (QED) is 0.309. The van der Waals surface area contributed by atoms with Gasteiger partial charge in [-0.2, -0.15) is 0 Å². The van der Waals surface area contributed by atoms with Crippen molar-refractivity contribution in [3.63, 3.8) is 0 Å². The molecule has 0 aromatic heterocycles. The van der Waals surface area contributed by atoms with Gasteiger partial charge in [0.25, 0.3) is 0 Å². The maximum atomic E-state index is 13.6. The summed E-state index contributed by atoms with van der Waals surface area (Å²) in [4.78, 5) is 11.0. The number of hydrogen-bond donors (Lipinski definition) is 0. The van der Waals surface area contributed by atoms with Gasteiger partial charge in [-0.3, -0.25) is 0 Å². The van der Waals surface area contributed by atoms with Gasteiger partial charge >= 0.3 is 16.4 Å². The van der Waals surface area contributed by atoms with Crippen molar-refractivity contribution in [2.75, 3.05) is 19.7 Å². The molecular formula is C8H14F2NO4S+. The molecule has 8 heteroatoms. The second-order valence-electron chi connectivity index (χ2n) is 3.00. The molecule has 0 N–H and O–H groups in total. The lowest BCUT2D eigenvalue weighted by Gasteiger charge is -2.19. The molecule has 0 aromatic rings. The zero-order chi connectivity index (χ0) is 13.0. The molecule has 0 amide bonds. The summed E-state index contributed by atoms with van der Waals surface area (Å²) in [5.74, 6) is -0.945. The number of carbonyl (C=O) groups excluding carboxylic acids is 1. The van der Waals surface area contributed by atoms with E-state index in [1.165, 1.54) is 6.92 Å². The molecule has 0 spiro atoms. The van der Waals surface area contributed by atoms with Crippen molar-refractivity contribution in [1.82, 2.24) is 0 Å². The van der Waals surface area contributed by atoms with E-state index in [-0.39, 0.29) is 6.61 Å². The summed E-state index contributed by atoms with van der Waals surface area (Å²) in [6.45, 7) is 4.19. The Hall–Kier alpha value is -1.02. The number of nitrogens with zero attached hydrogens (tertiary/aromatic N) is 1. The van der Waals surface area contributed by atoms with E-state index in [9.17, 15) is 21.6 Å². The predicted octanol–water partition coefficient (Wildman–Crippen LogP) is 1.04. The maximum absolute atomic E-state index is 13.6. The lowest BCUT2D eigenvalue weighted by atomic mass is 10.3. The van der Waals surface area contributed by atoms with E-state index in [1.807, 2.05) is 0 Å². The largest absolute Gasteiger partial charge is 0.512 e. The molecule has 0 heterocycles. The molecule has 0 saturated heterocycles. The van der Waals surface area contributed by atoms with Crippen LogP contribution in [0, 0.1) is 0 Å². The molecule has 16 heavy (non-hydrogen) atoms. The van der Waals surface area contributed by atoms with Gasteiger partial charge < -0.3 is 4.74 Å². The third-order valence-corrected chi connectivity index (χ3v) is 3.02. The van der Waals surface area contributed by atoms with Gasteiger partial charge in [-0.1, -0.05) is 10.5 Å². The number of ether oxygens (including phenoxy) is 1. The Bertz CT molecular complexity index is 381. The summed E-state index contributed by atoms with van der Waals surface area (Å²) in [6.07, 6.45) is 0. The highest BCUT2D eigenvalue weighted by Crippen LogP contribution is 2.20. The third kappa shape index (κ3) is 3.53. The van der Waals surface area contributed by atoms with Crippen LogP contribution in [0.1, 0.15) is 13.8 Å². The number of rotatable bonds is 6. The first-order valence-corrected chi connectivity index (χ1v) is 5.88. The normalized spacial score (nSPS) is 15.2. The predicted molar refractivity (Wildman–Crippen MR) is 52.6 cm³/mol. The number of quaternary nitrogens is 1. The van der Waals surface area contributed by atoms with Crippen LogP contribution >= 0.6 is 0 Å². The average Bonchev–Trinajstić information content (AvgIpc) is 2.16. The van der Waals surface area contributed by atoms with Gasteiger partial charge in [0.05, 0.1) is 12.2 Å². The Morgan fingerprint density at radius 3 is 2.25 bits per heavy atom. The lowest BCUT2D eigenvalue weighted by molar-refractivity contribution is -0.946. The fraction of sp³-hybridized carbons (Fsp3) is 0.625. The van der Waals surface area contributed by atoms with Gasteiger partial charge in [-0.15, -0.1) is 8.42 Å². The molecule has 0 aliphatic heterocycles. The molecule has 94 valence electrons. The van der Waals surface area contributed by atoms with Crippen molar-refractivity contribution >= 4 is 16.4 Å². The monoisotopic (exact) mass is 258 g/mol. The average molecular weight is 258 g/mol. The lowest BCUT2D eigenvalue weighted by Crippen LogP contribution is -2.45. The van der Waals surface area contributed by atoms with Crippen molar-refractivity contribution in [1.29, 1.82) is 0 Å². The topological polar surface area (TPSA) is 60.4 Å². The van der Waals surface area contributed by atoms with E-state index < -0.39 is 39.2 Å². The van der Waals surface area contributed by atoms with Gasteiger partial charge in [0.2, 0.25) is 0 Å². The summed E-state index contributed by atoms with van der Waals surface area (Å²) < 4.78 is 49.3. The summed E-state index contributed by atoms with van der Waals surface area (Å²) in [5, 5.41) is 0. The van der Waals surface area contributed by atoms with Gasteiger partial charge in [0.1, 0.15) is 6.54 Å². The Balaban J connectivity index is 4.82. The summed E-state index contributed by atoms with van der Waals surface area (Å²) in [7, 11) is -5.46. The fourth-order valence-electron chi connectivity index (χ4n) is 0.926. The van der Waals surface area contributed by atoms with Crippen LogP contribution in [-0.2, 0) is 19.9 Å². The van der Waals surface area contributed by atoms with Crippen molar-refractivity contribution in [3.05, 3.63) is 12.2 Å². The summed E-state index contributed by atoms with van der Waals surface area (Å²) in [6, 6.07) is 0. The maximum Gasteiger partial charge on any atom is 0.512 e. The van der Waals surface area contributed by atoms with Gasteiger partial charge in [0.15, 0.2) is 6.54 Å². The molecule has 5 nitrogen and oxygen atoms in total. The van der Waals surface area contributed by atoms with E-state index in [0.29, 0.717) is 0 Å². The van der Waals surface area contributed by atoms with Crippen LogP contribution < -0.4 is 0 Å². The van der Waals surface area contributed by atoms with E-state index in [0.717, 1.165) is 6.92 Å². The van der Waals surface area contributed by atoms with Crippen LogP contribution in [0.4, 0.5) is 8.37 Å². The zero-order valence-corrected chi connectivity index (χ0v) is 9.89. The molecule has 1 atom stereocenters. The summed E-state index contributed by atoms with van der Waals surface area (Å²) >= 11 is 0. The second-order valence-corrected chi connectivity index (χ2v) is 4.48. The fourth-order valence-corrected chi connectivity index (χ4v) is 1.54. The van der Waals surface area contributed by atoms with Crippen LogP contribution in [0.5, 0.6) is 0 Å². The van der Waals surface area contributed by atoms with E-state index in [1.54, 1.807) is 0 Å². The first kappa shape index (κ1) is 15.0. The standard InChI is InChI=1S/C8H14F2NO4S/c1-4-11(9,16(10,13)14)6-7(3)8(12)15-5-2/h3-6H2,1-2H3/q+1. The second kappa shape index (κ2) is 5.35. The molecule has 1 unspecified atom stereocenters. The molecular weight excluding hydrogens is 244 g/mol. The minimum absolute atomic E-state index is 0.0403. The van der Waals surface area contributed by atoms with Crippen molar-refractivity contribution in [3.8, 4) is 0 Å². The SMILES string of the molecule is C=C(C[N+](F)(CC)S(=O)(=O)F)C(=O)OCC. The number of carbonyl (C=O) groups is 1. The van der Waals surface area contributed by atoms with E-state index in [4.69, 9.17) is 0 Å². The first-order chi connectivity index (χ1) is 7.18. The smallest absolute Gasteiger partial charge is 0.462 e. The zero-order valence-electron chi connectivity index (χ0n) is 9.07. The number of esters is 1. The number of likely N-dealkylation sites (N-methyl/N-ethyl adjacent to an activating group) is 1. The van der Waals surface area contributed by atoms with Gasteiger partial charge in [0, 0.05) is 8.59 Å². The molecule has 0 aromatic carbocycles. The Morgan fingerprint density at radius 1 is 1.44 bits per heavy atom. The Morgan fingerprint density at radius 2 is 1.94 bits per heavy atom. The minimum Gasteiger partial charge on any atom is -0.462 e. The van der Waals surface area contributed by atoms with E-state index in [2.05, 4.69) is 11.3 Å². The number of hydrogen-bond acceptors (Lipinski definition) is 4. The number of halogens is 2. The van der Waals surface area contributed by atoms with Crippen LogP contribution in [-0.4, -0.2) is 38.2 Å². The Kier molecular flexibility index (Phi) is 5.01. The third-order valence-electron chi connectivity index (χ3n) is 1.85. The van der Waals surface area contributed by atoms with Crippen molar-refractivity contribution in [2.45, 2.75) is 13.8 Å². The first-order valence-electron chi connectivity index (χ1n) is 4.54. The van der Waals surface area contributed by atoms with Crippen LogP contribution in [0.3, 0.4) is 0 Å². The molecule has 0 fully saturated rings. The Labute approximate surface area is 93.2 Å². The summed E-state index contributed by atoms with van der Waals surface area (Å²) in [5.41, 5.74) is -0.438. The molecule has 0 saturated carbocycles. The van der Waals surface area contributed by atoms with Gasteiger partial charge in [-0.25, -0.2) is 4.79 Å². The molecule has 0 bridgehead atoms. The van der Waals surface area contributed by atoms with Crippen LogP contribution in [0.15, 0.2) is 12.2 Å². The van der Waals surface area contributed by atoms with Crippen molar-refractivity contribution in [2.24, 2.45) is 0 Å². The van der Waals surface area contributed by atoms with Crippen LogP contribution in [0.25, 0.3) is 0 Å². The molecule has 0 aliphatic carbocycles. The highest BCUT2D eigenvalue weighted by Gasteiger charge is 2.45. The van der Waals surface area contributed by atoms with Crippen LogP contribution in [0.2, 0.25) is 0 Å². The molecule has 0 aliphatic rings. The van der Waals surface area contributed by atoms with E-state index >= 15 is 0 Å². The highest BCUT2D eigenvalue weighted by atomic mass is 32.3. The minimum atomic E-state index is -5.46. The molecule has 0 rings (SSSR count). The van der Waals surface area contributed by atoms with Crippen molar-refractivity contribution < 1.29 is 30.4 Å². The van der Waals surface area contributed by atoms with Gasteiger partial charge in [-0.05, 0) is 13.8 Å². The highest BCUT2D eigenvalue weighted by molar-refractivity contribution is 7.80. The molecule has 0 radical (unpaired) electrons.